The Balaban J connectivity index is 1.89. The van der Waals surface area contributed by atoms with E-state index >= 15 is 0 Å². The Kier molecular flexibility index (Phi) is 7.25. The molecule has 128 valence electrons. The van der Waals surface area contributed by atoms with Crippen LogP contribution in [0.4, 0.5) is 20.5 Å². The van der Waals surface area contributed by atoms with Crippen LogP contribution in [0, 0.1) is 5.92 Å². The van der Waals surface area contributed by atoms with Gasteiger partial charge in [0, 0.05) is 19.0 Å². The number of ether oxygens (including phenoxy) is 1. The van der Waals surface area contributed by atoms with E-state index in [1.54, 1.807) is 6.20 Å². The van der Waals surface area contributed by atoms with Gasteiger partial charge in [0.1, 0.15) is 0 Å². The van der Waals surface area contributed by atoms with E-state index in [1.165, 1.54) is 0 Å². The molecule has 2 N–H and O–H groups in total. The van der Waals surface area contributed by atoms with Crippen LogP contribution in [0.15, 0.2) is 15.7 Å². The van der Waals surface area contributed by atoms with Crippen LogP contribution in [0.3, 0.4) is 0 Å². The molecule has 1 heterocycles. The first-order valence-electron chi connectivity index (χ1n) is 7.43. The lowest BCUT2D eigenvalue weighted by molar-refractivity contribution is -0.125. The summed E-state index contributed by atoms with van der Waals surface area (Å²) >= 11 is 3.34. The summed E-state index contributed by atoms with van der Waals surface area (Å²) in [6.45, 7) is -2.74. The Morgan fingerprint density at radius 3 is 2.87 bits per heavy atom. The molecule has 9 heteroatoms. The number of hydrogen-bond donors (Lipinski definition) is 2. The zero-order chi connectivity index (χ0) is 16.7. The highest BCUT2D eigenvalue weighted by molar-refractivity contribution is 9.10. The molecule has 0 atom stereocenters. The van der Waals surface area contributed by atoms with E-state index in [0.29, 0.717) is 22.2 Å². The van der Waals surface area contributed by atoms with Crippen molar-refractivity contribution in [2.75, 3.05) is 18.5 Å². The molecule has 1 aliphatic rings. The number of anilines is 1. The van der Waals surface area contributed by atoms with Crippen molar-refractivity contribution in [2.24, 2.45) is 10.9 Å². The minimum atomic E-state index is -2.78. The fourth-order valence-corrected chi connectivity index (χ4v) is 2.56. The van der Waals surface area contributed by atoms with Gasteiger partial charge in [-0.15, -0.1) is 0 Å². The van der Waals surface area contributed by atoms with E-state index in [0.717, 1.165) is 25.7 Å². The van der Waals surface area contributed by atoms with E-state index < -0.39 is 6.61 Å². The van der Waals surface area contributed by atoms with Crippen molar-refractivity contribution in [3.05, 3.63) is 10.7 Å². The second kappa shape index (κ2) is 9.19. The summed E-state index contributed by atoms with van der Waals surface area (Å²) in [6.07, 6.45) is 6.60. The van der Waals surface area contributed by atoms with Crippen LogP contribution in [-0.2, 0) is 4.74 Å². The number of aliphatic imine (C=N–C) groups is 1. The van der Waals surface area contributed by atoms with Crippen LogP contribution >= 0.6 is 15.9 Å². The number of halogens is 3. The number of aromatic nitrogens is 2. The number of aliphatic hydroxyl groups excluding tert-OH is 1. The molecule has 0 aromatic carbocycles. The van der Waals surface area contributed by atoms with Gasteiger partial charge in [-0.25, -0.2) is 9.98 Å². The molecule has 0 aliphatic heterocycles. The predicted molar refractivity (Wildman–Crippen MR) is 86.3 cm³/mol. The third-order valence-corrected chi connectivity index (χ3v) is 4.06. The number of hydrogen-bond acceptors (Lipinski definition) is 6. The van der Waals surface area contributed by atoms with Gasteiger partial charge in [0.2, 0.25) is 5.95 Å². The first-order chi connectivity index (χ1) is 11.0. The molecule has 0 bridgehead atoms. The van der Waals surface area contributed by atoms with Crippen molar-refractivity contribution in [3.63, 3.8) is 0 Å². The fourth-order valence-electron chi connectivity index (χ4n) is 2.27. The van der Waals surface area contributed by atoms with Crippen molar-refractivity contribution < 1.29 is 18.6 Å². The summed E-state index contributed by atoms with van der Waals surface area (Å²) in [4.78, 5) is 12.6. The van der Waals surface area contributed by atoms with Gasteiger partial charge in [0.05, 0.1) is 17.2 Å². The van der Waals surface area contributed by atoms with Gasteiger partial charge >= 0.3 is 6.61 Å². The zero-order valence-electron chi connectivity index (χ0n) is 12.5. The molecule has 6 nitrogen and oxygen atoms in total. The minimum absolute atomic E-state index is 0.139. The maximum absolute atomic E-state index is 11.9. The van der Waals surface area contributed by atoms with Crippen LogP contribution in [0.5, 0.6) is 0 Å². The second-order valence-electron chi connectivity index (χ2n) is 5.27. The smallest absolute Gasteiger partial charge is 0.345 e. The van der Waals surface area contributed by atoms with Gasteiger partial charge in [-0.3, -0.25) is 0 Å². The van der Waals surface area contributed by atoms with E-state index in [2.05, 4.69) is 40.9 Å². The molecule has 1 saturated carbocycles. The Morgan fingerprint density at radius 1 is 1.43 bits per heavy atom. The SMILES string of the molecule is OC1CCC(/C=N\c2nc(NCCOC(F)F)ncc2Br)CC1. The molecule has 0 spiro atoms. The Bertz CT molecular complexity index is 525. The van der Waals surface area contributed by atoms with Crippen molar-refractivity contribution in [2.45, 2.75) is 38.4 Å². The van der Waals surface area contributed by atoms with Crippen molar-refractivity contribution in [3.8, 4) is 0 Å². The lowest BCUT2D eigenvalue weighted by Gasteiger charge is -2.22. The fraction of sp³-hybridized carbons (Fsp3) is 0.643. The molecule has 1 aromatic heterocycles. The standard InChI is InChI=1S/C14H19BrF2N4O2/c15-11-8-20-14(18-5-6-23-13(16)17)21-12(11)19-7-9-1-3-10(22)4-2-9/h7-10,13,22H,1-6H2,(H,18,20,21)/b19-7-. The number of nitrogens with one attached hydrogen (secondary N) is 1. The first-order valence-corrected chi connectivity index (χ1v) is 8.22. The van der Waals surface area contributed by atoms with Crippen LogP contribution in [0.1, 0.15) is 25.7 Å². The summed E-state index contributed by atoms with van der Waals surface area (Å²) in [5, 5.41) is 12.3. The number of alkyl halides is 2. The zero-order valence-corrected chi connectivity index (χ0v) is 14.0. The predicted octanol–water partition coefficient (Wildman–Crippen LogP) is 3.14. The van der Waals surface area contributed by atoms with Gasteiger partial charge in [0.25, 0.3) is 0 Å². The van der Waals surface area contributed by atoms with Gasteiger partial charge in [-0.2, -0.15) is 13.8 Å². The molecule has 1 aromatic rings. The highest BCUT2D eigenvalue weighted by Gasteiger charge is 2.17. The minimum Gasteiger partial charge on any atom is -0.393 e. The molecule has 0 amide bonds. The maximum atomic E-state index is 11.9. The quantitative estimate of drug-likeness (QED) is 0.550. The highest BCUT2D eigenvalue weighted by Crippen LogP contribution is 2.26. The number of aliphatic hydroxyl groups is 1. The van der Waals surface area contributed by atoms with E-state index in [9.17, 15) is 13.9 Å². The van der Waals surface area contributed by atoms with E-state index in [1.807, 2.05) is 6.21 Å². The normalized spacial score (nSPS) is 22.0. The van der Waals surface area contributed by atoms with Gasteiger partial charge in [0.15, 0.2) is 5.82 Å². The molecular weight excluding hydrogens is 374 g/mol. The molecule has 0 saturated heterocycles. The first kappa shape index (κ1) is 18.2. The second-order valence-corrected chi connectivity index (χ2v) is 6.12. The third-order valence-electron chi connectivity index (χ3n) is 3.50. The lowest BCUT2D eigenvalue weighted by Crippen LogP contribution is -2.18. The van der Waals surface area contributed by atoms with Gasteiger partial charge < -0.3 is 15.2 Å². The monoisotopic (exact) mass is 392 g/mol. The Morgan fingerprint density at radius 2 is 2.17 bits per heavy atom. The topological polar surface area (TPSA) is 79.6 Å². The van der Waals surface area contributed by atoms with Crippen molar-refractivity contribution in [1.29, 1.82) is 0 Å². The molecule has 1 aliphatic carbocycles. The molecule has 23 heavy (non-hydrogen) atoms. The summed E-state index contributed by atoms with van der Waals surface area (Å²) < 4.78 is 28.5. The maximum Gasteiger partial charge on any atom is 0.345 e. The largest absolute Gasteiger partial charge is 0.393 e. The lowest BCUT2D eigenvalue weighted by atomic mass is 9.88. The van der Waals surface area contributed by atoms with Crippen LogP contribution < -0.4 is 5.32 Å². The summed E-state index contributed by atoms with van der Waals surface area (Å²) in [6, 6.07) is 0. The average Bonchev–Trinajstić information content (AvgIpc) is 2.53. The number of rotatable bonds is 7. The van der Waals surface area contributed by atoms with Gasteiger partial charge in [-0.1, -0.05) is 0 Å². The highest BCUT2D eigenvalue weighted by atomic mass is 79.9. The average molecular weight is 393 g/mol. The Labute approximate surface area is 141 Å². The van der Waals surface area contributed by atoms with Crippen molar-refractivity contribution >= 4 is 33.9 Å². The number of nitrogens with zero attached hydrogens (tertiary/aromatic N) is 3. The van der Waals surface area contributed by atoms with Crippen LogP contribution in [0.25, 0.3) is 0 Å². The van der Waals surface area contributed by atoms with E-state index in [-0.39, 0.29) is 19.3 Å². The van der Waals surface area contributed by atoms with Crippen LogP contribution in [0.2, 0.25) is 0 Å². The summed E-state index contributed by atoms with van der Waals surface area (Å²) in [7, 11) is 0. The summed E-state index contributed by atoms with van der Waals surface area (Å²) in [5.41, 5.74) is 0. The molecule has 0 unspecified atom stereocenters. The molecule has 0 radical (unpaired) electrons. The summed E-state index contributed by atoms with van der Waals surface area (Å²) in [5.74, 6) is 1.11. The van der Waals surface area contributed by atoms with E-state index in [4.69, 9.17) is 0 Å². The van der Waals surface area contributed by atoms with Crippen LogP contribution in [-0.4, -0.2) is 47.2 Å². The van der Waals surface area contributed by atoms with Crippen molar-refractivity contribution in [1.82, 2.24) is 9.97 Å². The molecule has 2 rings (SSSR count). The Hall–Kier alpha value is -1.19. The van der Waals surface area contributed by atoms with Gasteiger partial charge in [-0.05, 0) is 47.5 Å². The third kappa shape index (κ3) is 6.44. The molecular formula is C14H19BrF2N4O2. The molecule has 1 fully saturated rings.